The first-order valence-corrected chi connectivity index (χ1v) is 10.5. The van der Waals surface area contributed by atoms with Gasteiger partial charge in [-0.25, -0.2) is 0 Å². The molecule has 0 aliphatic heterocycles. The molecule has 0 nitrogen and oxygen atoms in total. The van der Waals surface area contributed by atoms with Crippen molar-refractivity contribution in [3.63, 3.8) is 0 Å². The fourth-order valence-electron chi connectivity index (χ4n) is 3.02. The first kappa shape index (κ1) is 18.7. The van der Waals surface area contributed by atoms with Crippen molar-refractivity contribution in [2.24, 2.45) is 0 Å². The summed E-state index contributed by atoms with van der Waals surface area (Å²) in [4.78, 5) is 2.83. The summed E-state index contributed by atoms with van der Waals surface area (Å²) < 4.78 is 0.370. The number of fused-ring (bicyclic) bond motifs is 3. The van der Waals surface area contributed by atoms with Crippen molar-refractivity contribution >= 4 is 45.1 Å². The zero-order valence-electron chi connectivity index (χ0n) is 16.4. The van der Waals surface area contributed by atoms with Gasteiger partial charge in [0.1, 0.15) is 0 Å². The molecule has 3 aromatic carbocycles. The molecule has 0 fully saturated rings. The summed E-state index contributed by atoms with van der Waals surface area (Å²) in [6.45, 7) is 16.0. The van der Waals surface area contributed by atoms with Crippen LogP contribution in [-0.2, 0) is 0 Å². The summed E-state index contributed by atoms with van der Waals surface area (Å²) in [5.74, 6) is 0. The normalized spacial score (nSPS) is 12.9. The van der Waals surface area contributed by atoms with Crippen LogP contribution in [0.15, 0.2) is 52.3 Å². The van der Waals surface area contributed by atoms with Crippen LogP contribution in [0.4, 0.5) is 0 Å². The van der Waals surface area contributed by atoms with Gasteiger partial charge in [0.25, 0.3) is 0 Å². The topological polar surface area (TPSA) is 0 Å². The minimum Gasteiger partial charge on any atom is -0.119 e. The minimum atomic E-state index is 0.174. The Morgan fingerprint density at radius 3 is 1.88 bits per heavy atom. The standard InChI is InChI=1S/C23H28S2/c1-15-8-9-16-10-11-17-12-13-19(24-22(2,3)4)21(25-23(5,6)7)20(17)18(16)14-15/h8-14H,1-7H3. The smallest absolute Gasteiger partial charge is 0.0298 e. The lowest BCUT2D eigenvalue weighted by molar-refractivity contribution is 0.796. The van der Waals surface area contributed by atoms with Crippen molar-refractivity contribution in [2.75, 3.05) is 0 Å². The van der Waals surface area contributed by atoms with E-state index in [2.05, 4.69) is 90.9 Å². The van der Waals surface area contributed by atoms with Crippen LogP contribution in [0.25, 0.3) is 21.5 Å². The van der Waals surface area contributed by atoms with Crippen molar-refractivity contribution in [2.45, 2.75) is 67.8 Å². The third-order valence-corrected chi connectivity index (χ3v) is 6.44. The van der Waals surface area contributed by atoms with Gasteiger partial charge < -0.3 is 0 Å². The lowest BCUT2D eigenvalue weighted by atomic mass is 10.0. The van der Waals surface area contributed by atoms with Crippen LogP contribution in [0.3, 0.4) is 0 Å². The largest absolute Gasteiger partial charge is 0.119 e. The Morgan fingerprint density at radius 1 is 0.680 bits per heavy atom. The molecule has 0 spiro atoms. The number of hydrogen-bond acceptors (Lipinski definition) is 2. The van der Waals surface area contributed by atoms with Gasteiger partial charge in [-0.2, -0.15) is 0 Å². The summed E-state index contributed by atoms with van der Waals surface area (Å²) in [6.07, 6.45) is 0. The van der Waals surface area contributed by atoms with Gasteiger partial charge in [0.2, 0.25) is 0 Å². The maximum absolute atomic E-state index is 2.34. The Labute approximate surface area is 160 Å². The molecule has 0 bridgehead atoms. The van der Waals surface area contributed by atoms with E-state index in [0.29, 0.717) is 0 Å². The first-order chi connectivity index (χ1) is 11.5. The van der Waals surface area contributed by atoms with E-state index >= 15 is 0 Å². The second-order valence-corrected chi connectivity index (χ2v) is 12.4. The predicted octanol–water partition coefficient (Wildman–Crippen LogP) is 8.08. The van der Waals surface area contributed by atoms with Gasteiger partial charge in [-0.05, 0) is 29.1 Å². The molecule has 0 saturated heterocycles. The quantitative estimate of drug-likeness (QED) is 0.331. The van der Waals surface area contributed by atoms with Gasteiger partial charge in [0, 0.05) is 24.7 Å². The Kier molecular flexibility index (Phi) is 4.89. The maximum Gasteiger partial charge on any atom is 0.0298 e. The van der Waals surface area contributed by atoms with Crippen molar-refractivity contribution in [3.8, 4) is 0 Å². The van der Waals surface area contributed by atoms with Crippen molar-refractivity contribution < 1.29 is 0 Å². The van der Waals surface area contributed by atoms with E-state index in [-0.39, 0.29) is 9.49 Å². The third kappa shape index (κ3) is 4.35. The van der Waals surface area contributed by atoms with Crippen LogP contribution in [-0.4, -0.2) is 9.49 Å². The molecule has 0 aromatic heterocycles. The van der Waals surface area contributed by atoms with Crippen LogP contribution in [0.1, 0.15) is 47.1 Å². The zero-order chi connectivity index (χ0) is 18.4. The molecule has 3 rings (SSSR count). The molecule has 0 radical (unpaired) electrons. The lowest BCUT2D eigenvalue weighted by Gasteiger charge is -2.25. The average Bonchev–Trinajstić information content (AvgIpc) is 2.46. The average molecular weight is 369 g/mol. The highest BCUT2D eigenvalue weighted by atomic mass is 32.2. The maximum atomic E-state index is 2.34. The molecule has 3 aromatic rings. The molecule has 0 heterocycles. The molecule has 0 aliphatic carbocycles. The molecule has 0 atom stereocenters. The van der Waals surface area contributed by atoms with Crippen molar-refractivity contribution in [1.82, 2.24) is 0 Å². The van der Waals surface area contributed by atoms with Gasteiger partial charge in [0.05, 0.1) is 0 Å². The number of aryl methyl sites for hydroxylation is 1. The van der Waals surface area contributed by atoms with Gasteiger partial charge in [-0.15, -0.1) is 23.5 Å². The second kappa shape index (κ2) is 6.55. The highest BCUT2D eigenvalue weighted by molar-refractivity contribution is 8.03. The van der Waals surface area contributed by atoms with E-state index in [1.165, 1.54) is 36.9 Å². The molecule has 0 aliphatic rings. The molecule has 0 N–H and O–H groups in total. The molecular weight excluding hydrogens is 340 g/mol. The summed E-state index contributed by atoms with van der Waals surface area (Å²) in [5.41, 5.74) is 1.32. The molecular formula is C23H28S2. The van der Waals surface area contributed by atoms with E-state index < -0.39 is 0 Å². The van der Waals surface area contributed by atoms with E-state index in [1.807, 2.05) is 23.5 Å². The van der Waals surface area contributed by atoms with Crippen molar-refractivity contribution in [1.29, 1.82) is 0 Å². The summed E-state index contributed by atoms with van der Waals surface area (Å²) in [6, 6.07) is 15.9. The summed E-state index contributed by atoms with van der Waals surface area (Å²) >= 11 is 3.97. The molecule has 132 valence electrons. The van der Waals surface area contributed by atoms with Crippen LogP contribution >= 0.6 is 23.5 Å². The van der Waals surface area contributed by atoms with E-state index in [4.69, 9.17) is 0 Å². The predicted molar refractivity (Wildman–Crippen MR) is 117 cm³/mol. The van der Waals surface area contributed by atoms with E-state index in [1.54, 1.807) is 0 Å². The monoisotopic (exact) mass is 368 g/mol. The SMILES string of the molecule is Cc1ccc2ccc3ccc(SC(C)(C)C)c(SC(C)(C)C)c3c2c1. The molecule has 0 saturated carbocycles. The fraction of sp³-hybridized carbons (Fsp3) is 0.391. The summed E-state index contributed by atoms with van der Waals surface area (Å²) in [7, 11) is 0. The first-order valence-electron chi connectivity index (χ1n) is 8.88. The Balaban J connectivity index is 2.38. The van der Waals surface area contributed by atoms with Crippen LogP contribution in [0.2, 0.25) is 0 Å². The second-order valence-electron chi connectivity index (χ2n) is 8.71. The molecule has 2 heteroatoms. The minimum absolute atomic E-state index is 0.174. The molecule has 25 heavy (non-hydrogen) atoms. The molecule has 0 unspecified atom stereocenters. The number of benzene rings is 3. The summed E-state index contributed by atoms with van der Waals surface area (Å²) in [5, 5.41) is 5.45. The van der Waals surface area contributed by atoms with Crippen LogP contribution in [0, 0.1) is 6.92 Å². The van der Waals surface area contributed by atoms with Gasteiger partial charge in [-0.3, -0.25) is 0 Å². The molecule has 0 amide bonds. The van der Waals surface area contributed by atoms with E-state index in [9.17, 15) is 0 Å². The fourth-order valence-corrected chi connectivity index (χ4v) is 5.38. The Morgan fingerprint density at radius 2 is 1.24 bits per heavy atom. The highest BCUT2D eigenvalue weighted by Crippen LogP contribution is 2.47. The van der Waals surface area contributed by atoms with E-state index in [0.717, 1.165) is 0 Å². The lowest BCUT2D eigenvalue weighted by Crippen LogP contribution is -2.10. The highest BCUT2D eigenvalue weighted by Gasteiger charge is 2.22. The van der Waals surface area contributed by atoms with Crippen LogP contribution < -0.4 is 0 Å². The van der Waals surface area contributed by atoms with Crippen LogP contribution in [0.5, 0.6) is 0 Å². The third-order valence-electron chi connectivity index (χ3n) is 3.90. The number of hydrogen-bond donors (Lipinski definition) is 0. The van der Waals surface area contributed by atoms with Gasteiger partial charge in [0.15, 0.2) is 0 Å². The zero-order valence-corrected chi connectivity index (χ0v) is 18.0. The van der Waals surface area contributed by atoms with Gasteiger partial charge >= 0.3 is 0 Å². The Hall–Kier alpha value is -1.12. The Bertz CT molecular complexity index is 925. The number of rotatable bonds is 2. The van der Waals surface area contributed by atoms with Crippen molar-refractivity contribution in [3.05, 3.63) is 48.0 Å². The van der Waals surface area contributed by atoms with Gasteiger partial charge in [-0.1, -0.05) is 83.5 Å². The number of thioether (sulfide) groups is 2.